The smallest absolute Gasteiger partial charge is 0.322 e. The van der Waals surface area contributed by atoms with Crippen LogP contribution >= 0.6 is 21.6 Å². The van der Waals surface area contributed by atoms with E-state index in [1.54, 1.807) is 14.1 Å². The summed E-state index contributed by atoms with van der Waals surface area (Å²) in [5.41, 5.74) is 5.34. The number of aliphatic carboxylic acids is 2. The number of carbonyl (C=O) groups excluding carboxylic acids is 1. The number of carboxylic acids is 2. The molecule has 0 heterocycles. The SMILES string of the molecule is C=CC(=O)C(SSC[C@H](N)C(=O)O)[C@@H](C(=O)O)N(C)C. The van der Waals surface area contributed by atoms with Gasteiger partial charge in [0.2, 0.25) is 0 Å². The lowest BCUT2D eigenvalue weighted by atomic mass is 10.1. The molecular formula is C11H18N2O5S2. The van der Waals surface area contributed by atoms with Crippen LogP contribution < -0.4 is 5.73 Å². The monoisotopic (exact) mass is 322 g/mol. The zero-order valence-electron chi connectivity index (χ0n) is 11.2. The van der Waals surface area contributed by atoms with Crippen LogP contribution in [0.5, 0.6) is 0 Å². The van der Waals surface area contributed by atoms with Crippen molar-refractivity contribution >= 4 is 39.3 Å². The van der Waals surface area contributed by atoms with Gasteiger partial charge in [-0.3, -0.25) is 19.3 Å². The van der Waals surface area contributed by atoms with Gasteiger partial charge in [0.1, 0.15) is 17.3 Å². The summed E-state index contributed by atoms with van der Waals surface area (Å²) in [6.45, 7) is 3.35. The summed E-state index contributed by atoms with van der Waals surface area (Å²) in [5.74, 6) is -2.63. The molecule has 0 radical (unpaired) electrons. The number of hydrogen-bond acceptors (Lipinski definition) is 7. The molecule has 0 aliphatic rings. The Labute approximate surface area is 125 Å². The van der Waals surface area contributed by atoms with Gasteiger partial charge in [-0.15, -0.1) is 0 Å². The Balaban J connectivity index is 4.81. The number of hydrogen-bond donors (Lipinski definition) is 3. The molecule has 0 amide bonds. The predicted molar refractivity (Wildman–Crippen MR) is 79.8 cm³/mol. The number of ketones is 1. The lowest BCUT2D eigenvalue weighted by Crippen LogP contribution is -2.46. The molecule has 0 fully saturated rings. The van der Waals surface area contributed by atoms with Gasteiger partial charge in [0.15, 0.2) is 5.78 Å². The van der Waals surface area contributed by atoms with Crippen LogP contribution in [0.4, 0.5) is 0 Å². The summed E-state index contributed by atoms with van der Waals surface area (Å²) in [6, 6.07) is -2.09. The second kappa shape index (κ2) is 9.01. The molecule has 114 valence electrons. The van der Waals surface area contributed by atoms with Gasteiger partial charge in [-0.25, -0.2) is 0 Å². The Morgan fingerprint density at radius 1 is 1.30 bits per heavy atom. The Hall–Kier alpha value is -1.03. The minimum absolute atomic E-state index is 0.0701. The van der Waals surface area contributed by atoms with E-state index in [-0.39, 0.29) is 5.75 Å². The fourth-order valence-corrected chi connectivity index (χ4v) is 4.14. The maximum Gasteiger partial charge on any atom is 0.322 e. The molecule has 0 aromatic heterocycles. The van der Waals surface area contributed by atoms with Crippen molar-refractivity contribution in [3.8, 4) is 0 Å². The summed E-state index contributed by atoms with van der Waals surface area (Å²) >= 11 is 0. The fourth-order valence-electron chi connectivity index (χ4n) is 1.25. The van der Waals surface area contributed by atoms with Crippen LogP contribution in [-0.2, 0) is 14.4 Å². The van der Waals surface area contributed by atoms with E-state index in [1.807, 2.05) is 0 Å². The van der Waals surface area contributed by atoms with E-state index < -0.39 is 35.1 Å². The van der Waals surface area contributed by atoms with Crippen molar-refractivity contribution in [1.29, 1.82) is 0 Å². The third kappa shape index (κ3) is 5.95. The number of carbonyl (C=O) groups is 3. The molecule has 0 saturated heterocycles. The number of rotatable bonds is 10. The van der Waals surface area contributed by atoms with Crippen LogP contribution in [0, 0.1) is 0 Å². The number of nitrogens with zero attached hydrogens (tertiary/aromatic N) is 1. The van der Waals surface area contributed by atoms with E-state index in [0.29, 0.717) is 0 Å². The molecule has 0 aromatic carbocycles. The van der Waals surface area contributed by atoms with Crippen molar-refractivity contribution in [2.45, 2.75) is 17.3 Å². The van der Waals surface area contributed by atoms with E-state index in [1.165, 1.54) is 4.90 Å². The summed E-state index contributed by atoms with van der Waals surface area (Å²) < 4.78 is 0. The third-order valence-corrected chi connectivity index (χ3v) is 5.08. The maximum absolute atomic E-state index is 11.8. The largest absolute Gasteiger partial charge is 0.480 e. The number of likely N-dealkylation sites (N-methyl/N-ethyl adjacent to an activating group) is 1. The molecule has 1 unspecified atom stereocenters. The molecule has 0 rings (SSSR count). The van der Waals surface area contributed by atoms with Gasteiger partial charge < -0.3 is 15.9 Å². The standard InChI is InChI=1S/C11H18N2O5S2/c1-4-7(14)9(8(11(17)18)13(2)3)20-19-5-6(12)10(15)16/h4,6,8-9H,1,5,12H2,2-3H3,(H,15,16)(H,17,18)/t6-,8-,9?/m0/s1. The first kappa shape index (κ1) is 19.0. The van der Waals surface area contributed by atoms with Gasteiger partial charge in [-0.1, -0.05) is 28.2 Å². The van der Waals surface area contributed by atoms with Crippen molar-refractivity contribution in [2.24, 2.45) is 5.73 Å². The summed E-state index contributed by atoms with van der Waals surface area (Å²) in [5, 5.41) is 17.0. The van der Waals surface area contributed by atoms with Crippen molar-refractivity contribution in [3.05, 3.63) is 12.7 Å². The predicted octanol–water partition coefficient (Wildman–Crippen LogP) is -0.0818. The second-order valence-electron chi connectivity index (χ2n) is 4.10. The topological polar surface area (TPSA) is 121 Å². The highest BCUT2D eigenvalue weighted by Gasteiger charge is 2.35. The zero-order chi connectivity index (χ0) is 15.9. The fraction of sp³-hybridized carbons (Fsp3) is 0.545. The summed E-state index contributed by atoms with van der Waals surface area (Å²) in [4.78, 5) is 35.0. The van der Waals surface area contributed by atoms with Crippen LogP contribution in [-0.4, -0.2) is 70.0 Å². The highest BCUT2D eigenvalue weighted by Crippen LogP contribution is 2.31. The van der Waals surface area contributed by atoms with Gasteiger partial charge in [0.25, 0.3) is 0 Å². The number of allylic oxidation sites excluding steroid dienone is 1. The van der Waals surface area contributed by atoms with Crippen molar-refractivity contribution in [1.82, 2.24) is 4.90 Å². The van der Waals surface area contributed by atoms with Gasteiger partial charge in [0, 0.05) is 5.75 Å². The molecule has 7 nitrogen and oxygen atoms in total. The minimum atomic E-state index is -1.15. The van der Waals surface area contributed by atoms with Gasteiger partial charge in [-0.05, 0) is 20.2 Å². The van der Waals surface area contributed by atoms with Crippen LogP contribution in [0.15, 0.2) is 12.7 Å². The number of carboxylic acid groups (broad SMARTS) is 2. The summed E-state index contributed by atoms with van der Waals surface area (Å²) in [6.07, 6.45) is 1.06. The quantitative estimate of drug-likeness (QED) is 0.374. The first-order chi connectivity index (χ1) is 9.22. The first-order valence-corrected chi connectivity index (χ1v) is 7.92. The highest BCUT2D eigenvalue weighted by atomic mass is 33.1. The molecule has 9 heteroatoms. The Bertz CT molecular complexity index is 389. The van der Waals surface area contributed by atoms with Crippen molar-refractivity contribution in [3.63, 3.8) is 0 Å². The average molecular weight is 322 g/mol. The molecule has 0 aliphatic carbocycles. The normalized spacial score (nSPS) is 15.4. The van der Waals surface area contributed by atoms with Gasteiger partial charge >= 0.3 is 11.9 Å². The van der Waals surface area contributed by atoms with E-state index in [2.05, 4.69) is 6.58 Å². The maximum atomic E-state index is 11.8. The van der Waals surface area contributed by atoms with E-state index in [0.717, 1.165) is 27.7 Å². The molecule has 4 N–H and O–H groups in total. The molecule has 0 aliphatic heterocycles. The van der Waals surface area contributed by atoms with Gasteiger partial charge in [-0.2, -0.15) is 0 Å². The Morgan fingerprint density at radius 2 is 1.85 bits per heavy atom. The second-order valence-corrected chi connectivity index (χ2v) is 6.65. The Morgan fingerprint density at radius 3 is 2.20 bits per heavy atom. The lowest BCUT2D eigenvalue weighted by Gasteiger charge is -2.26. The van der Waals surface area contributed by atoms with Crippen LogP contribution in [0.1, 0.15) is 0 Å². The molecule has 0 bridgehead atoms. The lowest BCUT2D eigenvalue weighted by molar-refractivity contribution is -0.143. The molecular weight excluding hydrogens is 304 g/mol. The average Bonchev–Trinajstić information content (AvgIpc) is 2.35. The molecule has 0 aromatic rings. The molecule has 0 saturated carbocycles. The van der Waals surface area contributed by atoms with Crippen LogP contribution in [0.3, 0.4) is 0 Å². The molecule has 0 spiro atoms. The summed E-state index contributed by atoms with van der Waals surface area (Å²) in [7, 11) is 5.16. The number of nitrogens with two attached hydrogens (primary N) is 1. The minimum Gasteiger partial charge on any atom is -0.480 e. The Kier molecular flexibility index (Phi) is 8.54. The van der Waals surface area contributed by atoms with E-state index in [4.69, 9.17) is 10.8 Å². The first-order valence-electron chi connectivity index (χ1n) is 5.54. The zero-order valence-corrected chi connectivity index (χ0v) is 12.8. The van der Waals surface area contributed by atoms with Crippen molar-refractivity contribution in [2.75, 3.05) is 19.8 Å². The third-order valence-electron chi connectivity index (χ3n) is 2.31. The van der Waals surface area contributed by atoms with E-state index in [9.17, 15) is 19.5 Å². The van der Waals surface area contributed by atoms with Gasteiger partial charge in [0.05, 0.1) is 0 Å². The van der Waals surface area contributed by atoms with Crippen LogP contribution in [0.25, 0.3) is 0 Å². The molecule has 20 heavy (non-hydrogen) atoms. The van der Waals surface area contributed by atoms with Crippen molar-refractivity contribution < 1.29 is 24.6 Å². The molecule has 3 atom stereocenters. The van der Waals surface area contributed by atoms with Crippen LogP contribution in [0.2, 0.25) is 0 Å². The van der Waals surface area contributed by atoms with E-state index >= 15 is 0 Å². The highest BCUT2D eigenvalue weighted by molar-refractivity contribution is 8.77.